The Morgan fingerprint density at radius 1 is 0.857 bits per heavy atom. The molecule has 1 atom stereocenters. The standard InChI is InChI=1S/C22H24O6/c1-16(23)26-14-19(28-17(2)24)15-27-22-11-7-6-10-20(22)21(25)13-12-18-8-4-3-5-9-18/h3-11,19H,12-15H2,1-2H3. The Balaban J connectivity index is 2.00. The molecule has 0 saturated heterocycles. The number of carbonyl (C=O) groups is 3. The molecule has 0 aliphatic heterocycles. The van der Waals surface area contributed by atoms with Crippen molar-refractivity contribution in [3.05, 3.63) is 65.7 Å². The molecule has 0 N–H and O–H groups in total. The van der Waals surface area contributed by atoms with Crippen molar-refractivity contribution in [2.24, 2.45) is 0 Å². The van der Waals surface area contributed by atoms with Gasteiger partial charge in [0, 0.05) is 20.3 Å². The molecule has 0 bridgehead atoms. The molecule has 1 unspecified atom stereocenters. The van der Waals surface area contributed by atoms with E-state index in [4.69, 9.17) is 14.2 Å². The van der Waals surface area contributed by atoms with E-state index in [1.54, 1.807) is 24.3 Å². The summed E-state index contributed by atoms with van der Waals surface area (Å²) in [5, 5.41) is 0. The van der Waals surface area contributed by atoms with Gasteiger partial charge in [-0.1, -0.05) is 42.5 Å². The molecule has 0 aliphatic carbocycles. The molecular formula is C22H24O6. The first kappa shape index (κ1) is 21.2. The van der Waals surface area contributed by atoms with Crippen molar-refractivity contribution >= 4 is 17.7 Å². The second-order valence-electron chi connectivity index (χ2n) is 6.25. The molecule has 0 aromatic heterocycles. The summed E-state index contributed by atoms with van der Waals surface area (Å²) >= 11 is 0. The number of Topliss-reactive ketones (excluding diaryl/α,β-unsaturated/α-hetero) is 1. The summed E-state index contributed by atoms with van der Waals surface area (Å²) in [7, 11) is 0. The molecule has 0 spiro atoms. The summed E-state index contributed by atoms with van der Waals surface area (Å²) in [6.07, 6.45) is 0.232. The first-order valence-corrected chi connectivity index (χ1v) is 9.05. The van der Waals surface area contributed by atoms with E-state index in [0.29, 0.717) is 24.2 Å². The molecule has 6 nitrogen and oxygen atoms in total. The molecular weight excluding hydrogens is 360 g/mol. The van der Waals surface area contributed by atoms with E-state index in [9.17, 15) is 14.4 Å². The lowest BCUT2D eigenvalue weighted by Gasteiger charge is -2.18. The smallest absolute Gasteiger partial charge is 0.303 e. The van der Waals surface area contributed by atoms with Gasteiger partial charge >= 0.3 is 11.9 Å². The third-order valence-corrected chi connectivity index (χ3v) is 3.90. The van der Waals surface area contributed by atoms with Gasteiger partial charge < -0.3 is 14.2 Å². The SMILES string of the molecule is CC(=O)OCC(COc1ccccc1C(=O)CCc1ccccc1)OC(C)=O. The first-order valence-electron chi connectivity index (χ1n) is 9.05. The van der Waals surface area contributed by atoms with Crippen LogP contribution in [0.25, 0.3) is 0 Å². The largest absolute Gasteiger partial charge is 0.489 e. The Morgan fingerprint density at radius 2 is 1.54 bits per heavy atom. The quantitative estimate of drug-likeness (QED) is 0.462. The average Bonchev–Trinajstić information content (AvgIpc) is 2.69. The molecule has 0 amide bonds. The van der Waals surface area contributed by atoms with E-state index >= 15 is 0 Å². The topological polar surface area (TPSA) is 78.9 Å². The Morgan fingerprint density at radius 3 is 2.21 bits per heavy atom. The molecule has 0 aliphatic rings. The van der Waals surface area contributed by atoms with Gasteiger partial charge in [0.25, 0.3) is 0 Å². The molecule has 28 heavy (non-hydrogen) atoms. The van der Waals surface area contributed by atoms with Crippen LogP contribution in [0.3, 0.4) is 0 Å². The van der Waals surface area contributed by atoms with Crippen molar-refractivity contribution in [2.75, 3.05) is 13.2 Å². The van der Waals surface area contributed by atoms with Crippen LogP contribution in [-0.2, 0) is 25.5 Å². The van der Waals surface area contributed by atoms with Gasteiger partial charge in [-0.25, -0.2) is 0 Å². The van der Waals surface area contributed by atoms with Crippen molar-refractivity contribution in [3.63, 3.8) is 0 Å². The molecule has 2 aromatic carbocycles. The number of ketones is 1. The van der Waals surface area contributed by atoms with Crippen LogP contribution < -0.4 is 4.74 Å². The number of carbonyl (C=O) groups excluding carboxylic acids is 3. The highest BCUT2D eigenvalue weighted by molar-refractivity contribution is 5.98. The van der Waals surface area contributed by atoms with Gasteiger partial charge in [0.15, 0.2) is 11.9 Å². The predicted octanol–water partition coefficient (Wildman–Crippen LogP) is 3.38. The van der Waals surface area contributed by atoms with Crippen LogP contribution in [-0.4, -0.2) is 37.0 Å². The van der Waals surface area contributed by atoms with Crippen molar-refractivity contribution in [2.45, 2.75) is 32.8 Å². The lowest BCUT2D eigenvalue weighted by Crippen LogP contribution is -2.30. The summed E-state index contributed by atoms with van der Waals surface area (Å²) < 4.78 is 15.7. The maximum absolute atomic E-state index is 12.6. The summed E-state index contributed by atoms with van der Waals surface area (Å²) in [5.41, 5.74) is 1.55. The minimum atomic E-state index is -0.756. The normalized spacial score (nSPS) is 11.4. The summed E-state index contributed by atoms with van der Waals surface area (Å²) in [5.74, 6) is -0.620. The fraction of sp³-hybridized carbons (Fsp3) is 0.318. The van der Waals surface area contributed by atoms with Gasteiger partial charge in [-0.3, -0.25) is 14.4 Å². The highest BCUT2D eigenvalue weighted by Crippen LogP contribution is 2.21. The monoisotopic (exact) mass is 384 g/mol. The zero-order valence-corrected chi connectivity index (χ0v) is 16.1. The van der Waals surface area contributed by atoms with Crippen LogP contribution in [0.4, 0.5) is 0 Å². The highest BCUT2D eigenvalue weighted by atomic mass is 16.6. The number of hydrogen-bond acceptors (Lipinski definition) is 6. The second kappa shape index (κ2) is 10.9. The van der Waals surface area contributed by atoms with Crippen molar-refractivity contribution in [1.82, 2.24) is 0 Å². The molecule has 0 radical (unpaired) electrons. The summed E-state index contributed by atoms with van der Waals surface area (Å²) in [6, 6.07) is 16.7. The van der Waals surface area contributed by atoms with Crippen molar-refractivity contribution in [1.29, 1.82) is 0 Å². The lowest BCUT2D eigenvalue weighted by atomic mass is 10.0. The number of esters is 2. The molecule has 2 rings (SSSR count). The van der Waals surface area contributed by atoms with E-state index in [-0.39, 0.29) is 19.0 Å². The van der Waals surface area contributed by atoms with E-state index < -0.39 is 18.0 Å². The first-order chi connectivity index (χ1) is 13.5. The van der Waals surface area contributed by atoms with E-state index in [1.165, 1.54) is 13.8 Å². The van der Waals surface area contributed by atoms with Crippen LogP contribution in [0.15, 0.2) is 54.6 Å². The number of benzene rings is 2. The third-order valence-electron chi connectivity index (χ3n) is 3.90. The number of aryl methyl sites for hydroxylation is 1. The van der Waals surface area contributed by atoms with Crippen LogP contribution in [0, 0.1) is 0 Å². The predicted molar refractivity (Wildman–Crippen MR) is 103 cm³/mol. The molecule has 2 aromatic rings. The molecule has 0 saturated carbocycles. The van der Waals surface area contributed by atoms with Crippen molar-refractivity contribution in [3.8, 4) is 5.75 Å². The Labute approximate surface area is 164 Å². The third kappa shape index (κ3) is 7.23. The molecule has 0 fully saturated rings. The van der Waals surface area contributed by atoms with Gasteiger partial charge in [-0.2, -0.15) is 0 Å². The van der Waals surface area contributed by atoms with Gasteiger partial charge in [0.1, 0.15) is 19.0 Å². The van der Waals surface area contributed by atoms with E-state index in [0.717, 1.165) is 5.56 Å². The molecule has 148 valence electrons. The average molecular weight is 384 g/mol. The van der Waals surface area contributed by atoms with E-state index in [1.807, 2.05) is 30.3 Å². The number of hydrogen-bond donors (Lipinski definition) is 0. The minimum absolute atomic E-state index is 0.0319. The van der Waals surface area contributed by atoms with Gasteiger partial charge in [-0.15, -0.1) is 0 Å². The van der Waals surface area contributed by atoms with Crippen LogP contribution in [0.5, 0.6) is 5.75 Å². The number of ether oxygens (including phenoxy) is 3. The fourth-order valence-electron chi connectivity index (χ4n) is 2.60. The van der Waals surface area contributed by atoms with Gasteiger partial charge in [0.05, 0.1) is 5.56 Å². The number of para-hydroxylation sites is 1. The Bertz CT molecular complexity index is 800. The van der Waals surface area contributed by atoms with Gasteiger partial charge in [0.2, 0.25) is 0 Å². The van der Waals surface area contributed by atoms with Crippen LogP contribution in [0.2, 0.25) is 0 Å². The zero-order valence-electron chi connectivity index (χ0n) is 16.1. The highest BCUT2D eigenvalue weighted by Gasteiger charge is 2.18. The van der Waals surface area contributed by atoms with Crippen molar-refractivity contribution < 1.29 is 28.6 Å². The summed E-state index contributed by atoms with van der Waals surface area (Å²) in [6.45, 7) is 2.39. The lowest BCUT2D eigenvalue weighted by molar-refractivity contribution is -0.158. The van der Waals surface area contributed by atoms with Gasteiger partial charge in [-0.05, 0) is 24.1 Å². The maximum Gasteiger partial charge on any atom is 0.303 e. The van der Waals surface area contributed by atoms with E-state index in [2.05, 4.69) is 0 Å². The number of rotatable bonds is 10. The fourth-order valence-corrected chi connectivity index (χ4v) is 2.60. The summed E-state index contributed by atoms with van der Waals surface area (Å²) in [4.78, 5) is 34.9. The molecule has 0 heterocycles. The Kier molecular flexibility index (Phi) is 8.21. The molecule has 6 heteroatoms. The minimum Gasteiger partial charge on any atom is -0.489 e. The zero-order chi connectivity index (χ0) is 20.4. The van der Waals surface area contributed by atoms with Crippen LogP contribution in [0.1, 0.15) is 36.2 Å². The van der Waals surface area contributed by atoms with Crippen LogP contribution >= 0.6 is 0 Å². The Hall–Kier alpha value is -3.15. The second-order valence-corrected chi connectivity index (χ2v) is 6.25. The maximum atomic E-state index is 12.6.